The zero-order valence-corrected chi connectivity index (χ0v) is 11.4. The van der Waals surface area contributed by atoms with Gasteiger partial charge in [-0.15, -0.1) is 10.2 Å². The van der Waals surface area contributed by atoms with E-state index in [4.69, 9.17) is 12.2 Å². The maximum absolute atomic E-state index is 11.6. The molecule has 0 bridgehead atoms. The topological polar surface area (TPSA) is 75.2 Å². The first-order valence-corrected chi connectivity index (χ1v) is 8.11. The minimum absolute atomic E-state index is 0.114. The van der Waals surface area contributed by atoms with E-state index in [0.717, 1.165) is 5.01 Å². The highest BCUT2D eigenvalue weighted by molar-refractivity contribution is 7.91. The van der Waals surface area contributed by atoms with Gasteiger partial charge in [-0.2, -0.15) is 0 Å². The third kappa shape index (κ3) is 1.81. The molecular formula is C8H10N4O2S3. The summed E-state index contributed by atoms with van der Waals surface area (Å²) in [5.41, 5.74) is 0. The average Bonchev–Trinajstić information content (AvgIpc) is 2.78. The molecule has 2 atom stereocenters. The molecule has 0 saturated carbocycles. The summed E-state index contributed by atoms with van der Waals surface area (Å²) in [5, 5.41) is 13.1. The molecule has 3 rings (SSSR count). The van der Waals surface area contributed by atoms with E-state index in [1.807, 2.05) is 6.92 Å². The van der Waals surface area contributed by atoms with E-state index in [9.17, 15) is 8.42 Å². The Morgan fingerprint density at radius 3 is 2.88 bits per heavy atom. The summed E-state index contributed by atoms with van der Waals surface area (Å²) in [6, 6.07) is -0.253. The van der Waals surface area contributed by atoms with Crippen LogP contribution in [0.5, 0.6) is 0 Å². The molecule has 0 radical (unpaired) electrons. The molecule has 17 heavy (non-hydrogen) atoms. The smallest absolute Gasteiger partial charge is 0.214 e. The summed E-state index contributed by atoms with van der Waals surface area (Å²) in [7, 11) is -2.97. The Morgan fingerprint density at radius 1 is 1.47 bits per heavy atom. The number of nitrogens with one attached hydrogen (secondary N) is 1. The molecule has 0 aromatic carbocycles. The quantitative estimate of drug-likeness (QED) is 0.712. The molecule has 1 aromatic heterocycles. The van der Waals surface area contributed by atoms with Crippen molar-refractivity contribution in [2.75, 3.05) is 16.4 Å². The van der Waals surface area contributed by atoms with Gasteiger partial charge < -0.3 is 5.32 Å². The lowest BCUT2D eigenvalue weighted by molar-refractivity contribution is 0.600. The molecule has 2 aliphatic rings. The molecule has 9 heteroatoms. The van der Waals surface area contributed by atoms with Crippen molar-refractivity contribution in [3.05, 3.63) is 5.01 Å². The first-order valence-electron chi connectivity index (χ1n) is 5.06. The van der Waals surface area contributed by atoms with Crippen LogP contribution in [0.2, 0.25) is 0 Å². The Bertz CT molecular complexity index is 581. The van der Waals surface area contributed by atoms with Gasteiger partial charge in [0, 0.05) is 0 Å². The summed E-state index contributed by atoms with van der Waals surface area (Å²) in [6.45, 7) is 1.86. The van der Waals surface area contributed by atoms with E-state index in [-0.39, 0.29) is 23.6 Å². The van der Waals surface area contributed by atoms with Crippen molar-refractivity contribution in [2.45, 2.75) is 19.0 Å². The maximum Gasteiger partial charge on any atom is 0.214 e. The van der Waals surface area contributed by atoms with Crippen molar-refractivity contribution in [1.29, 1.82) is 0 Å². The SMILES string of the molecule is Cc1nnc(N2C(=S)N[C@@H]3CS(=O)(=O)C[C@H]32)s1. The second-order valence-corrected chi connectivity index (χ2v) is 7.87. The van der Waals surface area contributed by atoms with Gasteiger partial charge in [-0.3, -0.25) is 4.90 Å². The fraction of sp³-hybridized carbons (Fsp3) is 0.625. The van der Waals surface area contributed by atoms with E-state index in [1.54, 1.807) is 4.90 Å². The lowest BCUT2D eigenvalue weighted by Crippen LogP contribution is -2.36. The van der Waals surface area contributed by atoms with Crippen LogP contribution in [0.25, 0.3) is 0 Å². The van der Waals surface area contributed by atoms with Gasteiger partial charge in [0.15, 0.2) is 14.9 Å². The predicted molar refractivity (Wildman–Crippen MR) is 69.1 cm³/mol. The number of thiocarbonyl (C=S) groups is 1. The normalized spacial score (nSPS) is 30.4. The van der Waals surface area contributed by atoms with E-state index in [1.165, 1.54) is 11.3 Å². The molecule has 0 unspecified atom stereocenters. The largest absolute Gasteiger partial charge is 0.356 e. The standard InChI is InChI=1S/C8H10N4O2S3/c1-4-10-11-8(16-4)12-6-3-17(13,14)2-5(6)9-7(12)15/h5-6H,2-3H2,1H3,(H,9,15)/t5-,6-/m1/s1. The number of aromatic nitrogens is 2. The molecule has 2 fully saturated rings. The van der Waals surface area contributed by atoms with E-state index >= 15 is 0 Å². The average molecular weight is 290 g/mol. The minimum atomic E-state index is -2.97. The van der Waals surface area contributed by atoms with E-state index in [2.05, 4.69) is 15.5 Å². The molecule has 0 aliphatic carbocycles. The van der Waals surface area contributed by atoms with E-state index < -0.39 is 9.84 Å². The number of sulfone groups is 1. The minimum Gasteiger partial charge on any atom is -0.356 e. The fourth-order valence-electron chi connectivity index (χ4n) is 2.21. The van der Waals surface area contributed by atoms with E-state index in [0.29, 0.717) is 10.2 Å². The van der Waals surface area contributed by atoms with Crippen LogP contribution in [0.4, 0.5) is 5.13 Å². The number of hydrogen-bond donors (Lipinski definition) is 1. The molecular weight excluding hydrogens is 280 g/mol. The predicted octanol–water partition coefficient (Wildman–Crippen LogP) is -0.293. The second kappa shape index (κ2) is 3.59. The van der Waals surface area contributed by atoms with Crippen LogP contribution in [0.3, 0.4) is 0 Å². The first kappa shape index (κ1) is 11.3. The Hall–Kier alpha value is -0.800. The van der Waals surface area contributed by atoms with Crippen molar-refractivity contribution in [3.63, 3.8) is 0 Å². The van der Waals surface area contributed by atoms with Crippen LogP contribution in [0, 0.1) is 6.92 Å². The molecule has 2 saturated heterocycles. The number of fused-ring (bicyclic) bond motifs is 1. The molecule has 92 valence electrons. The number of rotatable bonds is 1. The highest BCUT2D eigenvalue weighted by Crippen LogP contribution is 2.31. The van der Waals surface area contributed by atoms with Gasteiger partial charge in [0.25, 0.3) is 0 Å². The highest BCUT2D eigenvalue weighted by Gasteiger charge is 2.48. The molecule has 2 aliphatic heterocycles. The third-order valence-electron chi connectivity index (χ3n) is 2.90. The third-order valence-corrected chi connectivity index (χ3v) is 5.77. The summed E-state index contributed by atoms with van der Waals surface area (Å²) < 4.78 is 23.2. The zero-order valence-electron chi connectivity index (χ0n) is 8.95. The van der Waals surface area contributed by atoms with Crippen LogP contribution in [-0.4, -0.2) is 47.3 Å². The molecule has 0 amide bonds. The molecule has 3 heterocycles. The van der Waals surface area contributed by atoms with Gasteiger partial charge in [0.1, 0.15) is 5.01 Å². The Labute approximate surface area is 108 Å². The van der Waals surface area contributed by atoms with Gasteiger partial charge in [0.05, 0.1) is 23.6 Å². The van der Waals surface area contributed by atoms with Crippen molar-refractivity contribution >= 4 is 43.6 Å². The summed E-state index contributed by atoms with van der Waals surface area (Å²) >= 11 is 6.64. The molecule has 0 spiro atoms. The van der Waals surface area contributed by atoms with Crippen molar-refractivity contribution < 1.29 is 8.42 Å². The van der Waals surface area contributed by atoms with Crippen LogP contribution in [0.1, 0.15) is 5.01 Å². The van der Waals surface area contributed by atoms with Crippen LogP contribution in [0.15, 0.2) is 0 Å². The first-order chi connectivity index (χ1) is 7.96. The lowest BCUT2D eigenvalue weighted by Gasteiger charge is -2.18. The maximum atomic E-state index is 11.6. The Balaban J connectivity index is 1.97. The fourth-order valence-corrected chi connectivity index (χ4v) is 5.29. The number of nitrogens with zero attached hydrogens (tertiary/aromatic N) is 3. The number of anilines is 1. The van der Waals surface area contributed by atoms with Crippen molar-refractivity contribution in [3.8, 4) is 0 Å². The molecule has 1 N–H and O–H groups in total. The lowest BCUT2D eigenvalue weighted by atomic mass is 10.2. The number of hydrogen-bond acceptors (Lipinski definition) is 6. The summed E-state index contributed by atoms with van der Waals surface area (Å²) in [4.78, 5) is 1.79. The van der Waals surface area contributed by atoms with Crippen molar-refractivity contribution in [1.82, 2.24) is 15.5 Å². The van der Waals surface area contributed by atoms with Crippen molar-refractivity contribution in [2.24, 2.45) is 0 Å². The van der Waals surface area contributed by atoms with Crippen LogP contribution < -0.4 is 10.2 Å². The summed E-state index contributed by atoms with van der Waals surface area (Å²) in [6.07, 6.45) is 0. The Kier molecular flexibility index (Phi) is 2.39. The Morgan fingerprint density at radius 2 is 2.24 bits per heavy atom. The zero-order chi connectivity index (χ0) is 12.2. The van der Waals surface area contributed by atoms with Gasteiger partial charge in [-0.25, -0.2) is 8.42 Å². The van der Waals surface area contributed by atoms with Crippen LogP contribution in [-0.2, 0) is 9.84 Å². The van der Waals surface area contributed by atoms with Gasteiger partial charge in [-0.05, 0) is 19.1 Å². The van der Waals surface area contributed by atoms with Gasteiger partial charge >= 0.3 is 0 Å². The molecule has 1 aromatic rings. The number of aryl methyl sites for hydroxylation is 1. The van der Waals surface area contributed by atoms with Gasteiger partial charge in [0.2, 0.25) is 5.13 Å². The van der Waals surface area contributed by atoms with Gasteiger partial charge in [-0.1, -0.05) is 11.3 Å². The second-order valence-electron chi connectivity index (χ2n) is 4.17. The van der Waals surface area contributed by atoms with Crippen LogP contribution >= 0.6 is 23.6 Å². The summed E-state index contributed by atoms with van der Waals surface area (Å²) in [5.74, 6) is 0.273. The highest BCUT2D eigenvalue weighted by atomic mass is 32.2. The monoisotopic (exact) mass is 290 g/mol. The molecule has 6 nitrogen and oxygen atoms in total.